The fourth-order valence-electron chi connectivity index (χ4n) is 2.16. The van der Waals surface area contributed by atoms with Crippen LogP contribution in [0, 0.1) is 0 Å². The SMILES string of the molecule is CC(=NCCN=C(C)c1ccccc1O)c1ccccc1O. The minimum Gasteiger partial charge on any atom is -0.507 e. The molecule has 0 aliphatic rings. The largest absolute Gasteiger partial charge is 0.507 e. The summed E-state index contributed by atoms with van der Waals surface area (Å²) in [6.07, 6.45) is 0. The molecule has 2 aromatic carbocycles. The molecule has 0 fully saturated rings. The Kier molecular flexibility index (Phi) is 5.31. The predicted molar refractivity (Wildman–Crippen MR) is 90.4 cm³/mol. The zero-order valence-corrected chi connectivity index (χ0v) is 12.8. The fraction of sp³-hybridized carbons (Fsp3) is 0.222. The average Bonchev–Trinajstić information content (AvgIpc) is 2.52. The van der Waals surface area contributed by atoms with Crippen LogP contribution in [-0.2, 0) is 0 Å². The lowest BCUT2D eigenvalue weighted by Crippen LogP contribution is -2.01. The van der Waals surface area contributed by atoms with E-state index < -0.39 is 0 Å². The number of benzene rings is 2. The van der Waals surface area contributed by atoms with E-state index >= 15 is 0 Å². The minimum absolute atomic E-state index is 0.234. The Hall–Kier alpha value is -2.62. The van der Waals surface area contributed by atoms with Gasteiger partial charge in [-0.3, -0.25) is 9.98 Å². The number of aliphatic imine (C=N–C) groups is 2. The molecule has 0 heterocycles. The topological polar surface area (TPSA) is 65.2 Å². The van der Waals surface area contributed by atoms with Crippen LogP contribution >= 0.6 is 0 Å². The number of hydrogen-bond donors (Lipinski definition) is 2. The van der Waals surface area contributed by atoms with Crippen LogP contribution in [0.15, 0.2) is 58.5 Å². The Bertz CT molecular complexity index is 644. The summed E-state index contributed by atoms with van der Waals surface area (Å²) in [4.78, 5) is 8.86. The van der Waals surface area contributed by atoms with Crippen molar-refractivity contribution in [3.05, 3.63) is 59.7 Å². The summed E-state index contributed by atoms with van der Waals surface area (Å²) in [7, 11) is 0. The van der Waals surface area contributed by atoms with E-state index in [0.717, 1.165) is 22.6 Å². The fourth-order valence-corrected chi connectivity index (χ4v) is 2.16. The molecule has 0 saturated heterocycles. The summed E-state index contributed by atoms with van der Waals surface area (Å²) in [6, 6.07) is 14.3. The number of hydrogen-bond acceptors (Lipinski definition) is 4. The first-order valence-electron chi connectivity index (χ1n) is 7.18. The summed E-state index contributed by atoms with van der Waals surface area (Å²) in [6.45, 7) is 4.81. The van der Waals surface area contributed by atoms with Crippen LogP contribution in [0.3, 0.4) is 0 Å². The average molecular weight is 296 g/mol. The maximum atomic E-state index is 9.77. The second kappa shape index (κ2) is 7.41. The van der Waals surface area contributed by atoms with E-state index in [9.17, 15) is 10.2 Å². The molecule has 0 atom stereocenters. The van der Waals surface area contributed by atoms with Crippen LogP contribution in [0.25, 0.3) is 0 Å². The highest BCUT2D eigenvalue weighted by Gasteiger charge is 2.03. The van der Waals surface area contributed by atoms with Crippen LogP contribution < -0.4 is 0 Å². The molecule has 0 amide bonds. The minimum atomic E-state index is 0.234. The summed E-state index contributed by atoms with van der Waals surface area (Å²) in [5.74, 6) is 0.468. The molecule has 2 aromatic rings. The Morgan fingerprint density at radius 1 is 0.727 bits per heavy atom. The Morgan fingerprint density at radius 3 is 1.45 bits per heavy atom. The number of phenols is 2. The van der Waals surface area contributed by atoms with Gasteiger partial charge >= 0.3 is 0 Å². The first-order valence-corrected chi connectivity index (χ1v) is 7.18. The Balaban J connectivity index is 1.99. The molecule has 0 aromatic heterocycles. The third-order valence-corrected chi connectivity index (χ3v) is 3.39. The normalized spacial score (nSPS) is 12.5. The summed E-state index contributed by atoms with van der Waals surface area (Å²) < 4.78 is 0. The lowest BCUT2D eigenvalue weighted by molar-refractivity contribution is 0.473. The van der Waals surface area contributed by atoms with Crippen LogP contribution in [0.2, 0.25) is 0 Å². The molecule has 0 spiro atoms. The summed E-state index contributed by atoms with van der Waals surface area (Å²) in [5.41, 5.74) is 3.05. The second-order valence-electron chi connectivity index (χ2n) is 4.97. The van der Waals surface area contributed by atoms with Gasteiger partial charge < -0.3 is 10.2 Å². The number of phenolic OH excluding ortho intramolecular Hbond substituents is 2. The molecule has 0 unspecified atom stereocenters. The highest BCUT2D eigenvalue weighted by molar-refractivity contribution is 6.01. The van der Waals surface area contributed by atoms with Crippen molar-refractivity contribution in [2.75, 3.05) is 13.1 Å². The van der Waals surface area contributed by atoms with Gasteiger partial charge in [0.2, 0.25) is 0 Å². The zero-order valence-electron chi connectivity index (χ0n) is 12.8. The maximum absolute atomic E-state index is 9.77. The van der Waals surface area contributed by atoms with Crippen LogP contribution in [0.5, 0.6) is 11.5 Å². The molecule has 22 heavy (non-hydrogen) atoms. The highest BCUT2D eigenvalue weighted by atomic mass is 16.3. The summed E-state index contributed by atoms with van der Waals surface area (Å²) in [5, 5.41) is 19.5. The molecule has 0 saturated carbocycles. The first-order chi connectivity index (χ1) is 10.6. The standard InChI is InChI=1S/C18H20N2O2/c1-13(15-7-3-5-9-17(15)21)19-11-12-20-14(2)16-8-4-6-10-18(16)22/h3-10,21-22H,11-12H2,1-2H3. The van der Waals surface area contributed by atoms with Gasteiger partial charge in [-0.05, 0) is 38.1 Å². The van der Waals surface area contributed by atoms with Crippen molar-refractivity contribution in [3.63, 3.8) is 0 Å². The van der Waals surface area contributed by atoms with Crippen molar-refractivity contribution in [3.8, 4) is 11.5 Å². The van der Waals surface area contributed by atoms with E-state index in [-0.39, 0.29) is 11.5 Å². The number of nitrogens with zero attached hydrogens (tertiary/aromatic N) is 2. The molecule has 0 aliphatic heterocycles. The molecule has 4 nitrogen and oxygen atoms in total. The van der Waals surface area contributed by atoms with E-state index in [2.05, 4.69) is 9.98 Å². The van der Waals surface area contributed by atoms with Crippen molar-refractivity contribution < 1.29 is 10.2 Å². The monoisotopic (exact) mass is 296 g/mol. The molecule has 0 aliphatic carbocycles. The van der Waals surface area contributed by atoms with Crippen molar-refractivity contribution in [2.24, 2.45) is 9.98 Å². The van der Waals surface area contributed by atoms with Crippen LogP contribution in [0.1, 0.15) is 25.0 Å². The third-order valence-electron chi connectivity index (χ3n) is 3.39. The smallest absolute Gasteiger partial charge is 0.124 e. The van der Waals surface area contributed by atoms with E-state index in [1.54, 1.807) is 24.3 Å². The molecule has 114 valence electrons. The van der Waals surface area contributed by atoms with E-state index in [1.807, 2.05) is 38.1 Å². The van der Waals surface area contributed by atoms with Crippen molar-refractivity contribution in [2.45, 2.75) is 13.8 Å². The van der Waals surface area contributed by atoms with Crippen LogP contribution in [0.4, 0.5) is 0 Å². The third kappa shape index (κ3) is 3.95. The van der Waals surface area contributed by atoms with Gasteiger partial charge in [-0.1, -0.05) is 24.3 Å². The van der Waals surface area contributed by atoms with Crippen molar-refractivity contribution in [1.82, 2.24) is 0 Å². The molecule has 2 N–H and O–H groups in total. The predicted octanol–water partition coefficient (Wildman–Crippen LogP) is 3.42. The molecule has 2 rings (SSSR count). The highest BCUT2D eigenvalue weighted by Crippen LogP contribution is 2.17. The zero-order chi connectivity index (χ0) is 15.9. The van der Waals surface area contributed by atoms with E-state index in [0.29, 0.717) is 13.1 Å². The molecule has 0 radical (unpaired) electrons. The van der Waals surface area contributed by atoms with Gasteiger partial charge in [-0.15, -0.1) is 0 Å². The number of rotatable bonds is 5. The van der Waals surface area contributed by atoms with Gasteiger partial charge in [0, 0.05) is 22.6 Å². The van der Waals surface area contributed by atoms with Crippen molar-refractivity contribution in [1.29, 1.82) is 0 Å². The Labute approximate surface area is 130 Å². The number of aromatic hydroxyl groups is 2. The van der Waals surface area contributed by atoms with E-state index in [4.69, 9.17) is 0 Å². The van der Waals surface area contributed by atoms with E-state index in [1.165, 1.54) is 0 Å². The number of para-hydroxylation sites is 2. The second-order valence-corrected chi connectivity index (χ2v) is 4.97. The van der Waals surface area contributed by atoms with Gasteiger partial charge in [0.05, 0.1) is 13.1 Å². The van der Waals surface area contributed by atoms with Gasteiger partial charge in [-0.25, -0.2) is 0 Å². The summed E-state index contributed by atoms with van der Waals surface area (Å²) >= 11 is 0. The molecular weight excluding hydrogens is 276 g/mol. The van der Waals surface area contributed by atoms with Gasteiger partial charge in [0.15, 0.2) is 0 Å². The lowest BCUT2D eigenvalue weighted by Gasteiger charge is -2.04. The van der Waals surface area contributed by atoms with Gasteiger partial charge in [0.1, 0.15) is 11.5 Å². The first kappa shape index (κ1) is 15.8. The quantitative estimate of drug-likeness (QED) is 0.656. The Morgan fingerprint density at radius 2 is 1.09 bits per heavy atom. The molecular formula is C18H20N2O2. The van der Waals surface area contributed by atoms with Gasteiger partial charge in [-0.2, -0.15) is 0 Å². The molecule has 0 bridgehead atoms. The lowest BCUT2D eigenvalue weighted by atomic mass is 10.1. The van der Waals surface area contributed by atoms with Crippen LogP contribution in [-0.4, -0.2) is 34.7 Å². The van der Waals surface area contributed by atoms with Gasteiger partial charge in [0.25, 0.3) is 0 Å². The maximum Gasteiger partial charge on any atom is 0.124 e. The molecule has 4 heteroatoms. The van der Waals surface area contributed by atoms with Crippen molar-refractivity contribution >= 4 is 11.4 Å².